The maximum atomic E-state index is 15.1. The van der Waals surface area contributed by atoms with Crippen LogP contribution in [0.4, 0.5) is 29.1 Å². The monoisotopic (exact) mass is 545 g/mol. The van der Waals surface area contributed by atoms with Crippen molar-refractivity contribution < 1.29 is 26.7 Å². The van der Waals surface area contributed by atoms with E-state index in [1.54, 1.807) is 6.07 Å². The third-order valence-corrected chi connectivity index (χ3v) is 8.07. The molecule has 1 saturated carbocycles. The van der Waals surface area contributed by atoms with Gasteiger partial charge in [-0.05, 0) is 25.5 Å². The molecule has 1 fully saturated rings. The molecule has 4 heterocycles. The lowest BCUT2D eigenvalue weighted by Crippen LogP contribution is -2.39. The molecule has 0 amide bonds. The fraction of sp³-hybridized carbons (Fsp3) is 0.292. The molecule has 0 bridgehead atoms. The number of thioether (sulfide) groups is 1. The Morgan fingerprint density at radius 2 is 2.11 bits per heavy atom. The Kier molecular flexibility index (Phi) is 5.67. The number of alkyl halides is 2. The van der Waals surface area contributed by atoms with E-state index in [0.717, 1.165) is 17.8 Å². The predicted octanol–water partition coefficient (Wildman–Crippen LogP) is 4.91. The number of ether oxygens (including phenoxy) is 1. The summed E-state index contributed by atoms with van der Waals surface area (Å²) < 4.78 is 66.7. The van der Waals surface area contributed by atoms with Crippen molar-refractivity contribution in [2.75, 3.05) is 5.32 Å². The maximum Gasteiger partial charge on any atom is 0.253 e. The molecule has 14 heteroatoms. The Bertz CT molecular complexity index is 1570. The van der Waals surface area contributed by atoms with E-state index in [-0.39, 0.29) is 41.1 Å². The number of hydrogen-bond donors (Lipinski definition) is 2. The van der Waals surface area contributed by atoms with E-state index in [1.807, 2.05) is 0 Å². The van der Waals surface area contributed by atoms with Crippen molar-refractivity contribution in [2.24, 2.45) is 16.6 Å². The zero-order chi connectivity index (χ0) is 26.7. The summed E-state index contributed by atoms with van der Waals surface area (Å²) in [6, 6.07) is 3.90. The van der Waals surface area contributed by atoms with Crippen LogP contribution in [-0.4, -0.2) is 36.3 Å². The molecule has 196 valence electrons. The van der Waals surface area contributed by atoms with Gasteiger partial charge in [0.2, 0.25) is 5.88 Å². The lowest BCUT2D eigenvalue weighted by molar-refractivity contribution is 0.123. The van der Waals surface area contributed by atoms with Crippen molar-refractivity contribution in [3.63, 3.8) is 0 Å². The second-order valence-electron chi connectivity index (χ2n) is 9.16. The number of nitrogens with two attached hydrogens (primary N) is 1. The van der Waals surface area contributed by atoms with Crippen molar-refractivity contribution in [3.8, 4) is 5.88 Å². The standard InChI is InChI=1S/C24H19F4N7O2S/c1-23(16-6-24(16,21(27)28)38-22(29)35-23)13-4-11(5-14(25)18(13)26)33-20-19-15(2-3-30-20)34-17(7-31-19)37-9-12-8-36-10-32-12/h2-5,7-8,10,16,21H,6,9H2,1H3,(H2,29,35)(H,30,33)/t16?,23-,24+/m1/s1. The van der Waals surface area contributed by atoms with Crippen LogP contribution < -0.4 is 15.8 Å². The first kappa shape index (κ1) is 24.4. The Morgan fingerprint density at radius 3 is 2.87 bits per heavy atom. The Morgan fingerprint density at radius 1 is 1.26 bits per heavy atom. The van der Waals surface area contributed by atoms with Gasteiger partial charge in [0.15, 0.2) is 29.0 Å². The molecular weight excluding hydrogens is 526 g/mol. The number of aromatic nitrogens is 4. The molecule has 3 atom stereocenters. The van der Waals surface area contributed by atoms with Crippen LogP contribution in [0, 0.1) is 17.6 Å². The van der Waals surface area contributed by atoms with Gasteiger partial charge in [0, 0.05) is 29.4 Å². The molecule has 0 saturated heterocycles. The molecular formula is C24H19F4N7O2S. The van der Waals surface area contributed by atoms with Gasteiger partial charge in [-0.1, -0.05) is 11.8 Å². The number of halogens is 4. The first-order valence-electron chi connectivity index (χ1n) is 11.4. The van der Waals surface area contributed by atoms with Crippen molar-refractivity contribution in [1.82, 2.24) is 19.9 Å². The molecule has 38 heavy (non-hydrogen) atoms. The fourth-order valence-electron chi connectivity index (χ4n) is 4.82. The van der Waals surface area contributed by atoms with E-state index in [9.17, 15) is 13.2 Å². The largest absolute Gasteiger partial charge is 0.470 e. The van der Waals surface area contributed by atoms with Gasteiger partial charge in [-0.2, -0.15) is 0 Å². The molecule has 3 aromatic heterocycles. The second-order valence-corrected chi connectivity index (χ2v) is 10.5. The van der Waals surface area contributed by atoms with E-state index in [0.29, 0.717) is 16.7 Å². The molecule has 0 radical (unpaired) electrons. The van der Waals surface area contributed by atoms with Gasteiger partial charge < -0.3 is 20.2 Å². The van der Waals surface area contributed by atoms with Crippen LogP contribution in [0.15, 0.2) is 52.7 Å². The van der Waals surface area contributed by atoms with E-state index in [1.165, 1.54) is 38.0 Å². The van der Waals surface area contributed by atoms with Crippen LogP contribution in [0.1, 0.15) is 24.6 Å². The van der Waals surface area contributed by atoms with Crippen LogP contribution in [0.2, 0.25) is 0 Å². The van der Waals surface area contributed by atoms with Crippen LogP contribution >= 0.6 is 11.8 Å². The number of amidine groups is 1. The number of hydrogen-bond acceptors (Lipinski definition) is 10. The van der Waals surface area contributed by atoms with Gasteiger partial charge in [0.25, 0.3) is 6.43 Å². The molecule has 2 aliphatic rings. The third kappa shape index (κ3) is 3.99. The molecule has 6 rings (SSSR count). The number of fused-ring (bicyclic) bond motifs is 2. The van der Waals surface area contributed by atoms with Crippen LogP contribution in [-0.2, 0) is 12.1 Å². The number of pyridine rings is 1. The zero-order valence-corrected chi connectivity index (χ0v) is 20.5. The lowest BCUT2D eigenvalue weighted by atomic mass is 9.85. The topological polar surface area (TPSA) is 124 Å². The van der Waals surface area contributed by atoms with Gasteiger partial charge in [0.05, 0.1) is 22.0 Å². The smallest absolute Gasteiger partial charge is 0.253 e. The Balaban J connectivity index is 1.32. The highest BCUT2D eigenvalue weighted by atomic mass is 32.2. The zero-order valence-electron chi connectivity index (χ0n) is 19.7. The van der Waals surface area contributed by atoms with Crippen molar-refractivity contribution in [3.05, 3.63) is 66.1 Å². The number of aliphatic imine (C=N–C) groups is 1. The number of benzene rings is 1. The van der Waals surface area contributed by atoms with Gasteiger partial charge >= 0.3 is 0 Å². The fourth-order valence-corrected chi connectivity index (χ4v) is 6.15. The SMILES string of the molecule is C[C@]1(c2cc(Nc3nccc4nc(OCc5cocn5)cnc34)cc(F)c2F)N=C(N)S[C@@]2(C(F)F)CC21. The number of oxazole rings is 1. The summed E-state index contributed by atoms with van der Waals surface area (Å²) in [5, 5.41) is 2.85. The summed E-state index contributed by atoms with van der Waals surface area (Å²) in [6.07, 6.45) is 2.97. The molecule has 1 aliphatic carbocycles. The van der Waals surface area contributed by atoms with Gasteiger partial charge in [-0.3, -0.25) is 4.99 Å². The molecule has 3 N–H and O–H groups in total. The molecule has 1 aliphatic heterocycles. The Labute approximate surface area is 216 Å². The molecule has 1 aromatic carbocycles. The first-order valence-corrected chi connectivity index (χ1v) is 12.2. The second kappa shape index (κ2) is 8.82. The van der Waals surface area contributed by atoms with Crippen LogP contribution in [0.3, 0.4) is 0 Å². The summed E-state index contributed by atoms with van der Waals surface area (Å²) >= 11 is 0.792. The maximum absolute atomic E-state index is 15.1. The first-order chi connectivity index (χ1) is 18.2. The molecule has 0 spiro atoms. The Hall–Kier alpha value is -3.94. The summed E-state index contributed by atoms with van der Waals surface area (Å²) in [5.74, 6) is -2.60. The minimum atomic E-state index is -2.69. The van der Waals surface area contributed by atoms with Gasteiger partial charge in [0.1, 0.15) is 24.1 Å². The summed E-state index contributed by atoms with van der Waals surface area (Å²) in [4.78, 5) is 21.3. The third-order valence-electron chi connectivity index (χ3n) is 6.76. The molecule has 1 unspecified atom stereocenters. The van der Waals surface area contributed by atoms with E-state index >= 15 is 4.39 Å². The van der Waals surface area contributed by atoms with Gasteiger partial charge in [-0.15, -0.1) is 0 Å². The van der Waals surface area contributed by atoms with E-state index in [4.69, 9.17) is 14.9 Å². The number of rotatable bonds is 7. The van der Waals surface area contributed by atoms with E-state index < -0.39 is 34.3 Å². The predicted molar refractivity (Wildman–Crippen MR) is 131 cm³/mol. The summed E-state index contributed by atoms with van der Waals surface area (Å²) in [7, 11) is 0. The van der Waals surface area contributed by atoms with Crippen molar-refractivity contribution in [1.29, 1.82) is 0 Å². The van der Waals surface area contributed by atoms with Crippen LogP contribution in [0.25, 0.3) is 11.0 Å². The highest BCUT2D eigenvalue weighted by molar-refractivity contribution is 8.15. The summed E-state index contributed by atoms with van der Waals surface area (Å²) in [5.41, 5.74) is 5.69. The summed E-state index contributed by atoms with van der Waals surface area (Å²) in [6.45, 7) is 1.63. The number of nitrogens with one attached hydrogen (secondary N) is 1. The minimum absolute atomic E-state index is 0.0796. The van der Waals surface area contributed by atoms with Gasteiger partial charge in [-0.25, -0.2) is 37.5 Å². The van der Waals surface area contributed by atoms with Crippen LogP contribution in [0.5, 0.6) is 5.88 Å². The minimum Gasteiger partial charge on any atom is -0.470 e. The lowest BCUT2D eigenvalue weighted by Gasteiger charge is -2.34. The number of nitrogens with zero attached hydrogens (tertiary/aromatic N) is 5. The number of anilines is 2. The average Bonchev–Trinajstić information content (AvgIpc) is 3.42. The molecule has 4 aromatic rings. The normalized spacial score (nSPS) is 24.3. The quantitative estimate of drug-likeness (QED) is 0.312. The van der Waals surface area contributed by atoms with E-state index in [2.05, 4.69) is 30.2 Å². The highest BCUT2D eigenvalue weighted by Crippen LogP contribution is 2.68. The molecule has 9 nitrogen and oxygen atoms in total. The van der Waals surface area contributed by atoms with Crippen molar-refractivity contribution >= 4 is 39.5 Å². The van der Waals surface area contributed by atoms with Crippen molar-refractivity contribution in [2.45, 2.75) is 36.7 Å². The highest BCUT2D eigenvalue weighted by Gasteiger charge is 2.71. The average molecular weight is 546 g/mol.